The van der Waals surface area contributed by atoms with Gasteiger partial charge in [0, 0.05) is 38.3 Å². The van der Waals surface area contributed by atoms with Gasteiger partial charge in [0.1, 0.15) is 5.82 Å². The first-order valence-corrected chi connectivity index (χ1v) is 10.8. The number of aryl methyl sites for hydroxylation is 1. The first-order valence-electron chi connectivity index (χ1n) is 10.8. The molecule has 0 spiro atoms. The molecule has 2 aliphatic rings. The van der Waals surface area contributed by atoms with Gasteiger partial charge in [0.15, 0.2) is 18.1 Å². The summed E-state index contributed by atoms with van der Waals surface area (Å²) in [7, 11) is 1.57. The second-order valence-corrected chi connectivity index (χ2v) is 7.90. The number of nitrogens with zero attached hydrogens (tertiary/aromatic N) is 4. The SMILES string of the molecule is COc1ccccc1OCC(=O)N1CCC(c2ncc(C(=O)N3CCOCC3)c(C)n2)C1. The topological polar surface area (TPSA) is 94.1 Å². The lowest BCUT2D eigenvalue weighted by atomic mass is 10.1. The average Bonchev–Trinajstić information content (AvgIpc) is 3.33. The Morgan fingerprint density at radius 2 is 1.88 bits per heavy atom. The van der Waals surface area contributed by atoms with Crippen molar-refractivity contribution in [2.45, 2.75) is 19.3 Å². The summed E-state index contributed by atoms with van der Waals surface area (Å²) in [5.74, 6) is 1.69. The second kappa shape index (κ2) is 9.95. The standard InChI is InChI=1S/C23H28N4O5/c1-16-18(23(29)26-9-11-31-12-10-26)13-24-22(25-16)17-7-8-27(14-17)21(28)15-32-20-6-4-3-5-19(20)30-2/h3-6,13,17H,7-12,14-15H2,1-2H3. The fourth-order valence-corrected chi connectivity index (χ4v) is 3.99. The second-order valence-electron chi connectivity index (χ2n) is 7.90. The van der Waals surface area contributed by atoms with Crippen LogP contribution in [-0.2, 0) is 9.53 Å². The molecule has 0 aliphatic carbocycles. The van der Waals surface area contributed by atoms with Gasteiger partial charge in [-0.3, -0.25) is 9.59 Å². The summed E-state index contributed by atoms with van der Waals surface area (Å²) in [4.78, 5) is 38.0. The van der Waals surface area contributed by atoms with E-state index in [2.05, 4.69) is 9.97 Å². The first kappa shape index (κ1) is 22.0. The molecule has 1 unspecified atom stereocenters. The van der Waals surface area contributed by atoms with Gasteiger partial charge < -0.3 is 24.0 Å². The van der Waals surface area contributed by atoms with Crippen molar-refractivity contribution in [1.29, 1.82) is 0 Å². The lowest BCUT2D eigenvalue weighted by Crippen LogP contribution is -2.41. The average molecular weight is 441 g/mol. The minimum absolute atomic E-state index is 0.0384. The Hall–Kier alpha value is -3.20. The Bertz CT molecular complexity index is 977. The molecule has 170 valence electrons. The molecule has 0 N–H and O–H groups in total. The molecule has 2 amide bonds. The first-order chi connectivity index (χ1) is 15.6. The van der Waals surface area contributed by atoms with E-state index >= 15 is 0 Å². The predicted octanol–water partition coefficient (Wildman–Crippen LogP) is 1.66. The van der Waals surface area contributed by atoms with E-state index in [1.54, 1.807) is 35.2 Å². The molecular weight excluding hydrogens is 412 g/mol. The molecule has 2 fully saturated rings. The molecule has 4 rings (SSSR count). The number of morpholine rings is 1. The summed E-state index contributed by atoms with van der Waals surface area (Å²) in [6, 6.07) is 7.25. The maximum atomic E-state index is 12.7. The molecule has 1 aromatic carbocycles. The number of para-hydroxylation sites is 2. The van der Waals surface area contributed by atoms with Crippen LogP contribution in [0.1, 0.15) is 34.2 Å². The molecule has 9 heteroatoms. The Kier molecular flexibility index (Phi) is 6.84. The largest absolute Gasteiger partial charge is 0.493 e. The third-order valence-electron chi connectivity index (χ3n) is 5.85. The number of carbonyl (C=O) groups excluding carboxylic acids is 2. The van der Waals surface area contributed by atoms with Gasteiger partial charge in [0.05, 0.1) is 31.6 Å². The third kappa shape index (κ3) is 4.83. The van der Waals surface area contributed by atoms with E-state index in [1.165, 1.54) is 0 Å². The van der Waals surface area contributed by atoms with Crippen LogP contribution in [0, 0.1) is 6.92 Å². The van der Waals surface area contributed by atoms with E-state index in [-0.39, 0.29) is 24.3 Å². The van der Waals surface area contributed by atoms with E-state index in [4.69, 9.17) is 14.2 Å². The molecule has 2 aliphatic heterocycles. The number of rotatable bonds is 6. The van der Waals surface area contributed by atoms with E-state index in [1.807, 2.05) is 19.1 Å². The highest BCUT2D eigenvalue weighted by Gasteiger charge is 2.30. The normalized spacial score (nSPS) is 18.5. The van der Waals surface area contributed by atoms with E-state index in [9.17, 15) is 9.59 Å². The molecule has 32 heavy (non-hydrogen) atoms. The molecule has 0 bridgehead atoms. The van der Waals surface area contributed by atoms with Crippen molar-refractivity contribution >= 4 is 11.8 Å². The highest BCUT2D eigenvalue weighted by Crippen LogP contribution is 2.28. The van der Waals surface area contributed by atoms with Crippen molar-refractivity contribution in [1.82, 2.24) is 19.8 Å². The minimum Gasteiger partial charge on any atom is -0.493 e. The van der Waals surface area contributed by atoms with Gasteiger partial charge in [-0.15, -0.1) is 0 Å². The van der Waals surface area contributed by atoms with Crippen molar-refractivity contribution in [3.05, 3.63) is 47.5 Å². The third-order valence-corrected chi connectivity index (χ3v) is 5.85. The fraction of sp³-hybridized carbons (Fsp3) is 0.478. The minimum atomic E-state index is -0.0887. The van der Waals surface area contributed by atoms with Gasteiger partial charge in [-0.25, -0.2) is 9.97 Å². The van der Waals surface area contributed by atoms with Gasteiger partial charge in [0.25, 0.3) is 11.8 Å². The van der Waals surface area contributed by atoms with Crippen LogP contribution in [0.15, 0.2) is 30.5 Å². The van der Waals surface area contributed by atoms with Gasteiger partial charge in [-0.2, -0.15) is 0 Å². The lowest BCUT2D eigenvalue weighted by molar-refractivity contribution is -0.132. The van der Waals surface area contributed by atoms with E-state index in [0.717, 1.165) is 6.42 Å². The van der Waals surface area contributed by atoms with E-state index in [0.29, 0.717) is 68.0 Å². The molecule has 3 heterocycles. The molecule has 0 radical (unpaired) electrons. The van der Waals surface area contributed by atoms with Crippen LogP contribution in [-0.4, -0.2) is 84.7 Å². The number of benzene rings is 1. The van der Waals surface area contributed by atoms with Crippen LogP contribution in [0.5, 0.6) is 11.5 Å². The zero-order valence-electron chi connectivity index (χ0n) is 18.5. The van der Waals surface area contributed by atoms with Crippen LogP contribution in [0.2, 0.25) is 0 Å². The van der Waals surface area contributed by atoms with Crippen LogP contribution < -0.4 is 9.47 Å². The molecule has 2 aromatic rings. The smallest absolute Gasteiger partial charge is 0.260 e. The number of hydrogen-bond donors (Lipinski definition) is 0. The zero-order chi connectivity index (χ0) is 22.5. The van der Waals surface area contributed by atoms with E-state index < -0.39 is 0 Å². The highest BCUT2D eigenvalue weighted by atomic mass is 16.5. The van der Waals surface area contributed by atoms with Gasteiger partial charge in [-0.1, -0.05) is 12.1 Å². The maximum Gasteiger partial charge on any atom is 0.260 e. The Morgan fingerprint density at radius 3 is 2.59 bits per heavy atom. The quantitative estimate of drug-likeness (QED) is 0.674. The summed E-state index contributed by atoms with van der Waals surface area (Å²) in [6.07, 6.45) is 2.39. The van der Waals surface area contributed by atoms with Crippen molar-refractivity contribution in [2.24, 2.45) is 0 Å². The number of aromatic nitrogens is 2. The number of methoxy groups -OCH3 is 1. The number of hydrogen-bond acceptors (Lipinski definition) is 7. The summed E-state index contributed by atoms with van der Waals surface area (Å²) in [6.45, 7) is 5.19. The monoisotopic (exact) mass is 440 g/mol. The Morgan fingerprint density at radius 1 is 1.12 bits per heavy atom. The zero-order valence-corrected chi connectivity index (χ0v) is 18.5. The highest BCUT2D eigenvalue weighted by molar-refractivity contribution is 5.95. The molecule has 1 aromatic heterocycles. The number of likely N-dealkylation sites (tertiary alicyclic amines) is 1. The molecule has 2 saturated heterocycles. The Balaban J connectivity index is 1.35. The van der Waals surface area contributed by atoms with Gasteiger partial charge in [-0.05, 0) is 25.5 Å². The summed E-state index contributed by atoms with van der Waals surface area (Å²) in [5.41, 5.74) is 1.18. The lowest BCUT2D eigenvalue weighted by Gasteiger charge is -2.27. The predicted molar refractivity (Wildman–Crippen MR) is 116 cm³/mol. The maximum absolute atomic E-state index is 12.7. The van der Waals surface area contributed by atoms with Crippen LogP contribution in [0.4, 0.5) is 0 Å². The molecule has 9 nitrogen and oxygen atoms in total. The fourth-order valence-electron chi connectivity index (χ4n) is 3.99. The summed E-state index contributed by atoms with van der Waals surface area (Å²) < 4.78 is 16.2. The Labute approximate surface area is 187 Å². The van der Waals surface area contributed by atoms with Crippen molar-refractivity contribution < 1.29 is 23.8 Å². The number of carbonyl (C=O) groups is 2. The van der Waals surface area contributed by atoms with Crippen LogP contribution in [0.25, 0.3) is 0 Å². The van der Waals surface area contributed by atoms with Gasteiger partial charge >= 0.3 is 0 Å². The van der Waals surface area contributed by atoms with Crippen molar-refractivity contribution in [2.75, 3.05) is 53.1 Å². The van der Waals surface area contributed by atoms with Crippen LogP contribution in [0.3, 0.4) is 0 Å². The summed E-state index contributed by atoms with van der Waals surface area (Å²) in [5, 5.41) is 0. The molecule has 0 saturated carbocycles. The summed E-state index contributed by atoms with van der Waals surface area (Å²) >= 11 is 0. The van der Waals surface area contributed by atoms with Gasteiger partial charge in [0.2, 0.25) is 0 Å². The molecular formula is C23H28N4O5. The number of amides is 2. The number of ether oxygens (including phenoxy) is 3. The molecule has 1 atom stereocenters. The van der Waals surface area contributed by atoms with Crippen molar-refractivity contribution in [3.63, 3.8) is 0 Å². The van der Waals surface area contributed by atoms with Crippen LogP contribution >= 0.6 is 0 Å². The van der Waals surface area contributed by atoms with Crippen molar-refractivity contribution in [3.8, 4) is 11.5 Å².